The molecule has 1 aromatic rings. The first kappa shape index (κ1) is 15.3. The fourth-order valence-electron chi connectivity index (χ4n) is 3.01. The molecule has 0 spiro atoms. The summed E-state index contributed by atoms with van der Waals surface area (Å²) < 4.78 is 5.83. The summed E-state index contributed by atoms with van der Waals surface area (Å²) in [5.41, 5.74) is 2.71. The third kappa shape index (κ3) is 3.53. The van der Waals surface area contributed by atoms with Gasteiger partial charge in [0.05, 0.1) is 12.2 Å². The van der Waals surface area contributed by atoms with E-state index in [-0.39, 0.29) is 5.60 Å². The van der Waals surface area contributed by atoms with E-state index in [0.717, 1.165) is 32.7 Å². The highest BCUT2D eigenvalue weighted by Gasteiger charge is 2.29. The number of nitrogens with zero attached hydrogens (tertiary/aromatic N) is 1. The molecule has 0 aliphatic carbocycles. The maximum atomic E-state index is 5.83. The number of morpholine rings is 1. The molecule has 3 nitrogen and oxygen atoms in total. The van der Waals surface area contributed by atoms with Gasteiger partial charge in [-0.25, -0.2) is 0 Å². The van der Waals surface area contributed by atoms with Gasteiger partial charge in [0.1, 0.15) is 0 Å². The van der Waals surface area contributed by atoms with Crippen LogP contribution in [0.3, 0.4) is 0 Å². The standard InChI is InChI=1S/C17H28N2O/c1-5-15(18-6-2)14-9-7-8-10-16(14)19-11-12-20-17(3,4)13-19/h7-10,15,18H,5-6,11-13H2,1-4H3. The van der Waals surface area contributed by atoms with Crippen LogP contribution in [0.1, 0.15) is 45.7 Å². The maximum absolute atomic E-state index is 5.83. The first-order valence-corrected chi connectivity index (χ1v) is 7.78. The van der Waals surface area contributed by atoms with Crippen molar-refractivity contribution in [3.63, 3.8) is 0 Å². The van der Waals surface area contributed by atoms with Crippen LogP contribution in [0.4, 0.5) is 5.69 Å². The number of hydrogen-bond donors (Lipinski definition) is 1. The highest BCUT2D eigenvalue weighted by atomic mass is 16.5. The number of benzene rings is 1. The fraction of sp³-hybridized carbons (Fsp3) is 0.647. The molecule has 0 amide bonds. The van der Waals surface area contributed by atoms with Gasteiger partial charge >= 0.3 is 0 Å². The van der Waals surface area contributed by atoms with Crippen molar-refractivity contribution in [3.05, 3.63) is 29.8 Å². The van der Waals surface area contributed by atoms with Crippen molar-refractivity contribution in [2.24, 2.45) is 0 Å². The van der Waals surface area contributed by atoms with Crippen molar-refractivity contribution in [2.45, 2.75) is 45.8 Å². The summed E-state index contributed by atoms with van der Waals surface area (Å²) in [7, 11) is 0. The smallest absolute Gasteiger partial charge is 0.0801 e. The van der Waals surface area contributed by atoms with E-state index in [1.165, 1.54) is 11.3 Å². The predicted molar refractivity (Wildman–Crippen MR) is 85.4 cm³/mol. The summed E-state index contributed by atoms with van der Waals surface area (Å²) in [6.45, 7) is 12.5. The lowest BCUT2D eigenvalue weighted by Gasteiger charge is -2.40. The van der Waals surface area contributed by atoms with Crippen molar-refractivity contribution in [2.75, 3.05) is 31.1 Å². The molecule has 1 aromatic carbocycles. The van der Waals surface area contributed by atoms with Crippen molar-refractivity contribution in [3.8, 4) is 0 Å². The van der Waals surface area contributed by atoms with Crippen molar-refractivity contribution < 1.29 is 4.74 Å². The number of anilines is 1. The minimum Gasteiger partial charge on any atom is -0.372 e. The Morgan fingerprint density at radius 3 is 2.70 bits per heavy atom. The van der Waals surface area contributed by atoms with Gasteiger partial charge in [0.25, 0.3) is 0 Å². The zero-order valence-corrected chi connectivity index (χ0v) is 13.3. The van der Waals surface area contributed by atoms with Crippen LogP contribution in [-0.2, 0) is 4.74 Å². The van der Waals surface area contributed by atoms with Gasteiger partial charge < -0.3 is 15.0 Å². The molecule has 1 aliphatic rings. The number of rotatable bonds is 5. The topological polar surface area (TPSA) is 24.5 Å². The van der Waals surface area contributed by atoms with Crippen molar-refractivity contribution in [1.29, 1.82) is 0 Å². The molecule has 1 unspecified atom stereocenters. The van der Waals surface area contributed by atoms with E-state index in [9.17, 15) is 0 Å². The number of hydrogen-bond acceptors (Lipinski definition) is 3. The maximum Gasteiger partial charge on any atom is 0.0801 e. The Labute approximate surface area is 123 Å². The molecule has 1 saturated heterocycles. The zero-order chi connectivity index (χ0) is 14.6. The number of nitrogens with one attached hydrogen (secondary N) is 1. The van der Waals surface area contributed by atoms with E-state index in [4.69, 9.17) is 4.74 Å². The lowest BCUT2D eigenvalue weighted by molar-refractivity contribution is -0.0277. The zero-order valence-electron chi connectivity index (χ0n) is 13.3. The number of ether oxygens (including phenoxy) is 1. The van der Waals surface area contributed by atoms with Crippen LogP contribution in [-0.4, -0.2) is 31.8 Å². The Morgan fingerprint density at radius 1 is 1.30 bits per heavy atom. The second-order valence-corrected chi connectivity index (χ2v) is 6.11. The van der Waals surface area contributed by atoms with E-state index in [0.29, 0.717) is 6.04 Å². The molecule has 1 aliphatic heterocycles. The SMILES string of the molecule is CCNC(CC)c1ccccc1N1CCOC(C)(C)C1. The van der Waals surface area contributed by atoms with E-state index < -0.39 is 0 Å². The third-order valence-corrected chi connectivity index (χ3v) is 3.94. The Bertz CT molecular complexity index is 431. The highest BCUT2D eigenvalue weighted by Crippen LogP contribution is 2.31. The summed E-state index contributed by atoms with van der Waals surface area (Å²) in [6, 6.07) is 9.22. The van der Waals surface area contributed by atoms with Crippen molar-refractivity contribution in [1.82, 2.24) is 5.32 Å². The highest BCUT2D eigenvalue weighted by molar-refractivity contribution is 5.55. The molecule has 0 saturated carbocycles. The van der Waals surface area contributed by atoms with Gasteiger partial charge in [0.2, 0.25) is 0 Å². The van der Waals surface area contributed by atoms with Crippen LogP contribution >= 0.6 is 0 Å². The quantitative estimate of drug-likeness (QED) is 0.892. The van der Waals surface area contributed by atoms with Gasteiger partial charge in [-0.3, -0.25) is 0 Å². The summed E-state index contributed by atoms with van der Waals surface area (Å²) in [4.78, 5) is 2.47. The van der Waals surface area contributed by atoms with Crippen LogP contribution in [0.5, 0.6) is 0 Å². The van der Waals surface area contributed by atoms with Gasteiger partial charge in [-0.15, -0.1) is 0 Å². The van der Waals surface area contributed by atoms with Gasteiger partial charge in [-0.05, 0) is 38.4 Å². The largest absolute Gasteiger partial charge is 0.372 e. The van der Waals surface area contributed by atoms with Crippen molar-refractivity contribution >= 4 is 5.69 Å². The molecule has 1 heterocycles. The van der Waals surface area contributed by atoms with Gasteiger partial charge in [0.15, 0.2) is 0 Å². The van der Waals surface area contributed by atoms with E-state index in [1.54, 1.807) is 0 Å². The molecule has 1 fully saturated rings. The molecule has 3 heteroatoms. The monoisotopic (exact) mass is 276 g/mol. The van der Waals surface area contributed by atoms with E-state index in [1.807, 2.05) is 0 Å². The lowest BCUT2D eigenvalue weighted by Crippen LogP contribution is -2.48. The molecule has 0 radical (unpaired) electrons. The van der Waals surface area contributed by atoms with E-state index in [2.05, 4.69) is 62.2 Å². The van der Waals surface area contributed by atoms with E-state index >= 15 is 0 Å². The Morgan fingerprint density at radius 2 is 2.05 bits per heavy atom. The molecular weight excluding hydrogens is 248 g/mol. The third-order valence-electron chi connectivity index (χ3n) is 3.94. The van der Waals surface area contributed by atoms with Gasteiger partial charge in [-0.1, -0.05) is 32.0 Å². The molecule has 2 rings (SSSR count). The molecule has 0 bridgehead atoms. The molecule has 1 N–H and O–H groups in total. The molecule has 0 aromatic heterocycles. The first-order chi connectivity index (χ1) is 9.57. The normalized spacial score (nSPS) is 19.9. The predicted octanol–water partition coefficient (Wildman–Crippen LogP) is 3.36. The molecule has 20 heavy (non-hydrogen) atoms. The molecular formula is C17H28N2O. The Kier molecular flexibility index (Phi) is 5.06. The summed E-state index contributed by atoms with van der Waals surface area (Å²) >= 11 is 0. The van der Waals surface area contributed by atoms with Crippen LogP contribution in [0.2, 0.25) is 0 Å². The minimum absolute atomic E-state index is 0.0642. The van der Waals surface area contributed by atoms with Gasteiger partial charge in [-0.2, -0.15) is 0 Å². The summed E-state index contributed by atoms with van der Waals surface area (Å²) in [5.74, 6) is 0. The van der Waals surface area contributed by atoms with Crippen LogP contribution in [0.25, 0.3) is 0 Å². The first-order valence-electron chi connectivity index (χ1n) is 7.78. The second kappa shape index (κ2) is 6.59. The number of para-hydroxylation sites is 1. The van der Waals surface area contributed by atoms with Gasteiger partial charge in [0, 0.05) is 24.8 Å². The average Bonchev–Trinajstić information content (AvgIpc) is 2.44. The molecule has 112 valence electrons. The Balaban J connectivity index is 2.27. The van der Waals surface area contributed by atoms with Crippen LogP contribution in [0.15, 0.2) is 24.3 Å². The minimum atomic E-state index is -0.0642. The Hall–Kier alpha value is -1.06. The average molecular weight is 276 g/mol. The summed E-state index contributed by atoms with van der Waals surface area (Å²) in [6.07, 6.45) is 1.11. The molecule has 1 atom stereocenters. The lowest BCUT2D eigenvalue weighted by atomic mass is 9.99. The second-order valence-electron chi connectivity index (χ2n) is 6.11. The van der Waals surface area contributed by atoms with Crippen LogP contribution < -0.4 is 10.2 Å². The van der Waals surface area contributed by atoms with Crippen LogP contribution in [0, 0.1) is 0 Å². The summed E-state index contributed by atoms with van der Waals surface area (Å²) in [5, 5.41) is 3.59. The fourth-order valence-corrected chi connectivity index (χ4v) is 3.01.